The minimum atomic E-state index is -0.287. The van der Waals surface area contributed by atoms with E-state index in [4.69, 9.17) is 0 Å². The Hall–Kier alpha value is -1.88. The molecule has 4 nitrogen and oxygen atoms in total. The van der Waals surface area contributed by atoms with Gasteiger partial charge in [0.25, 0.3) is 0 Å². The number of halogens is 1. The topological polar surface area (TPSA) is 52.6 Å². The van der Waals surface area contributed by atoms with Gasteiger partial charge in [-0.05, 0) is 42.9 Å². The van der Waals surface area contributed by atoms with Gasteiger partial charge in [-0.3, -0.25) is 4.79 Å². The average Bonchev–Trinajstić information content (AvgIpc) is 2.53. The molecule has 138 valence electrons. The van der Waals surface area contributed by atoms with Gasteiger partial charge in [0.15, 0.2) is 0 Å². The van der Waals surface area contributed by atoms with Gasteiger partial charge in [-0.15, -0.1) is 0 Å². The quantitative estimate of drug-likeness (QED) is 0.820. The van der Waals surface area contributed by atoms with Gasteiger partial charge < -0.3 is 15.3 Å². The van der Waals surface area contributed by atoms with Crippen molar-refractivity contribution >= 4 is 11.6 Å². The van der Waals surface area contributed by atoms with E-state index in [0.29, 0.717) is 38.2 Å². The number of benzene rings is 1. The fourth-order valence-corrected chi connectivity index (χ4v) is 2.68. The van der Waals surface area contributed by atoms with Gasteiger partial charge in [0.05, 0.1) is 11.8 Å². The molecule has 5 heteroatoms. The van der Waals surface area contributed by atoms with Crippen LogP contribution in [0.15, 0.2) is 29.8 Å². The fraction of sp³-hybridized carbons (Fsp3) is 0.550. The van der Waals surface area contributed by atoms with Crippen LogP contribution >= 0.6 is 0 Å². The van der Waals surface area contributed by atoms with Gasteiger partial charge in [-0.2, -0.15) is 0 Å². The summed E-state index contributed by atoms with van der Waals surface area (Å²) in [4.78, 5) is 13.9. The maximum Gasteiger partial charge on any atom is 0.244 e. The summed E-state index contributed by atoms with van der Waals surface area (Å²) in [5, 5.41) is 12.4. The number of hydrogen-bond donors (Lipinski definition) is 2. The highest BCUT2D eigenvalue weighted by molar-refractivity contribution is 5.88. The number of hydrogen-bond acceptors (Lipinski definition) is 3. The number of anilines is 1. The van der Waals surface area contributed by atoms with Gasteiger partial charge >= 0.3 is 0 Å². The van der Waals surface area contributed by atoms with Gasteiger partial charge in [0, 0.05) is 25.7 Å². The summed E-state index contributed by atoms with van der Waals surface area (Å²) in [6, 6.07) is 5.07. The molecule has 1 saturated heterocycles. The number of piperidine rings is 1. The third kappa shape index (κ3) is 5.56. The molecule has 2 rings (SSSR count). The second-order valence-corrected chi connectivity index (χ2v) is 7.80. The minimum absolute atomic E-state index is 0.0485. The second kappa shape index (κ2) is 8.00. The lowest BCUT2D eigenvalue weighted by Gasteiger charge is -2.31. The van der Waals surface area contributed by atoms with E-state index in [1.165, 1.54) is 6.07 Å². The highest BCUT2D eigenvalue weighted by Gasteiger charge is 2.19. The van der Waals surface area contributed by atoms with E-state index in [1.807, 2.05) is 17.9 Å². The molecule has 1 heterocycles. The van der Waals surface area contributed by atoms with Gasteiger partial charge in [0.1, 0.15) is 5.82 Å². The number of aliphatic hydroxyl groups is 1. The van der Waals surface area contributed by atoms with Crippen molar-refractivity contribution in [3.05, 3.63) is 41.2 Å². The van der Waals surface area contributed by atoms with Crippen LogP contribution in [0, 0.1) is 11.2 Å². The maximum atomic E-state index is 14.4. The van der Waals surface area contributed by atoms with Gasteiger partial charge in [0.2, 0.25) is 5.91 Å². The molecule has 0 aromatic heterocycles. The summed E-state index contributed by atoms with van der Waals surface area (Å²) in [6.45, 7) is 9.71. The maximum absolute atomic E-state index is 14.4. The Kier molecular flexibility index (Phi) is 6.22. The average molecular weight is 348 g/mol. The van der Waals surface area contributed by atoms with Crippen molar-refractivity contribution in [2.75, 3.05) is 18.0 Å². The monoisotopic (exact) mass is 348 g/mol. The van der Waals surface area contributed by atoms with Crippen LogP contribution in [0.5, 0.6) is 0 Å². The van der Waals surface area contributed by atoms with E-state index < -0.39 is 0 Å². The lowest BCUT2D eigenvalue weighted by Crippen LogP contribution is -2.36. The second-order valence-electron chi connectivity index (χ2n) is 7.80. The first-order valence-electron chi connectivity index (χ1n) is 8.85. The van der Waals surface area contributed by atoms with Crippen LogP contribution in [0.1, 0.15) is 46.1 Å². The molecule has 1 aliphatic heterocycles. The van der Waals surface area contributed by atoms with Crippen LogP contribution in [-0.2, 0) is 11.3 Å². The SMILES string of the molecule is CC(=CC(=O)NCc1ccc(N2CCC(O)CC2)c(F)c1)C(C)(C)C. The molecule has 1 aliphatic rings. The van der Waals surface area contributed by atoms with Crippen molar-refractivity contribution in [2.24, 2.45) is 5.41 Å². The summed E-state index contributed by atoms with van der Waals surface area (Å²) in [5.41, 5.74) is 2.24. The molecule has 1 aromatic rings. The van der Waals surface area contributed by atoms with Crippen LogP contribution in [0.3, 0.4) is 0 Å². The van der Waals surface area contributed by atoms with Crippen LogP contribution in [0.25, 0.3) is 0 Å². The van der Waals surface area contributed by atoms with Crippen molar-refractivity contribution in [1.82, 2.24) is 5.32 Å². The number of carbonyl (C=O) groups is 1. The van der Waals surface area contributed by atoms with Crippen molar-refractivity contribution in [1.29, 1.82) is 0 Å². The molecule has 2 N–H and O–H groups in total. The lowest BCUT2D eigenvalue weighted by molar-refractivity contribution is -0.116. The molecule has 0 spiro atoms. The molecule has 0 bridgehead atoms. The molecule has 0 aliphatic carbocycles. The molecule has 1 amide bonds. The fourth-order valence-electron chi connectivity index (χ4n) is 2.68. The lowest BCUT2D eigenvalue weighted by atomic mass is 9.87. The number of amides is 1. The predicted molar refractivity (Wildman–Crippen MR) is 98.9 cm³/mol. The van der Waals surface area contributed by atoms with E-state index >= 15 is 0 Å². The largest absolute Gasteiger partial charge is 0.393 e. The van der Waals surface area contributed by atoms with Gasteiger partial charge in [-0.1, -0.05) is 32.4 Å². The van der Waals surface area contributed by atoms with Crippen molar-refractivity contribution in [3.8, 4) is 0 Å². The van der Waals surface area contributed by atoms with E-state index in [2.05, 4.69) is 26.1 Å². The third-order valence-corrected chi connectivity index (χ3v) is 4.81. The Labute approximate surface area is 149 Å². The summed E-state index contributed by atoms with van der Waals surface area (Å²) < 4.78 is 14.4. The molecule has 0 unspecified atom stereocenters. The molecular weight excluding hydrogens is 319 g/mol. The van der Waals surface area contributed by atoms with Crippen LogP contribution in [0.2, 0.25) is 0 Å². The summed E-state index contributed by atoms with van der Waals surface area (Å²) >= 11 is 0. The minimum Gasteiger partial charge on any atom is -0.393 e. The first-order valence-corrected chi connectivity index (χ1v) is 8.85. The number of nitrogens with one attached hydrogen (secondary N) is 1. The van der Waals surface area contributed by atoms with E-state index in [-0.39, 0.29) is 23.2 Å². The Morgan fingerprint density at radius 1 is 1.36 bits per heavy atom. The number of nitrogens with zero attached hydrogens (tertiary/aromatic N) is 1. The Balaban J connectivity index is 1.96. The Morgan fingerprint density at radius 2 is 2.00 bits per heavy atom. The van der Waals surface area contributed by atoms with E-state index in [9.17, 15) is 14.3 Å². The molecule has 1 aromatic carbocycles. The summed E-state index contributed by atoms with van der Waals surface area (Å²) in [5.74, 6) is -0.452. The van der Waals surface area contributed by atoms with Crippen molar-refractivity contribution < 1.29 is 14.3 Å². The molecular formula is C20H29FN2O2. The standard InChI is InChI=1S/C20H29FN2O2/c1-14(20(2,3)4)11-19(25)22-13-15-5-6-18(17(21)12-15)23-9-7-16(24)8-10-23/h5-6,11-12,16,24H,7-10,13H2,1-4H3,(H,22,25). The number of allylic oxidation sites excluding steroid dienone is 1. The van der Waals surface area contributed by atoms with Gasteiger partial charge in [-0.25, -0.2) is 4.39 Å². The number of rotatable bonds is 4. The highest BCUT2D eigenvalue weighted by atomic mass is 19.1. The zero-order valence-electron chi connectivity index (χ0n) is 15.6. The van der Waals surface area contributed by atoms with Crippen molar-refractivity contribution in [3.63, 3.8) is 0 Å². The van der Waals surface area contributed by atoms with Crippen LogP contribution in [-0.4, -0.2) is 30.2 Å². The van der Waals surface area contributed by atoms with E-state index in [1.54, 1.807) is 12.1 Å². The highest BCUT2D eigenvalue weighted by Crippen LogP contribution is 2.25. The predicted octanol–water partition coefficient (Wildman–Crippen LogP) is 3.40. The zero-order chi connectivity index (χ0) is 18.6. The molecule has 25 heavy (non-hydrogen) atoms. The Morgan fingerprint density at radius 3 is 2.56 bits per heavy atom. The molecule has 0 saturated carbocycles. The Bertz CT molecular complexity index is 642. The number of aliphatic hydroxyl groups excluding tert-OH is 1. The first-order chi connectivity index (χ1) is 11.7. The van der Waals surface area contributed by atoms with Crippen LogP contribution in [0.4, 0.5) is 10.1 Å². The van der Waals surface area contributed by atoms with Crippen LogP contribution < -0.4 is 10.2 Å². The summed E-state index contributed by atoms with van der Waals surface area (Å²) in [7, 11) is 0. The summed E-state index contributed by atoms with van der Waals surface area (Å²) in [6.07, 6.45) is 2.65. The normalized spacial score (nSPS) is 16.9. The molecule has 0 radical (unpaired) electrons. The zero-order valence-corrected chi connectivity index (χ0v) is 15.6. The first kappa shape index (κ1) is 19.4. The smallest absolute Gasteiger partial charge is 0.244 e. The van der Waals surface area contributed by atoms with E-state index in [0.717, 1.165) is 11.1 Å². The number of carbonyl (C=O) groups excluding carboxylic acids is 1. The third-order valence-electron chi connectivity index (χ3n) is 4.81. The molecule has 0 atom stereocenters. The van der Waals surface area contributed by atoms with Crippen molar-refractivity contribution in [2.45, 2.75) is 53.2 Å². The molecule has 1 fully saturated rings.